The number of ether oxygens (including phenoxy) is 2. The number of carbonyl (C=O) groups excluding carboxylic acids is 1. The van der Waals surface area contributed by atoms with Crippen LogP contribution in [0.15, 0.2) is 54.6 Å². The Morgan fingerprint density at radius 3 is 2.11 bits per heavy atom. The molecule has 0 saturated heterocycles. The number of quaternary nitrogens is 1. The van der Waals surface area contributed by atoms with Crippen LogP contribution in [0.4, 0.5) is 0 Å². The molecule has 0 aromatic heterocycles. The average Bonchev–Trinajstić information content (AvgIpc) is 2.88. The zero-order valence-electron chi connectivity index (χ0n) is 24.1. The molecule has 2 rings (SSSR count). The van der Waals surface area contributed by atoms with Crippen molar-refractivity contribution in [2.75, 3.05) is 33.9 Å². The summed E-state index contributed by atoms with van der Waals surface area (Å²) in [5.41, 5.74) is 2.57. The van der Waals surface area contributed by atoms with Gasteiger partial charge in [-0.1, -0.05) is 107 Å². The number of benzene rings is 2. The lowest BCUT2D eigenvalue weighted by atomic mass is 10.0. The first-order chi connectivity index (χ1) is 17.9. The number of carbonyl (C=O) groups is 1. The smallest absolute Gasteiger partial charge is 0.314 e. The van der Waals surface area contributed by atoms with Gasteiger partial charge in [0.1, 0.15) is 18.2 Å². The first-order valence-corrected chi connectivity index (χ1v) is 14.6. The second-order valence-electron chi connectivity index (χ2n) is 11.2. The lowest BCUT2D eigenvalue weighted by molar-refractivity contribution is -0.905. The number of hydrogen-bond acceptors (Lipinski definition) is 3. The van der Waals surface area contributed by atoms with Crippen molar-refractivity contribution in [2.45, 2.75) is 91.0 Å². The summed E-state index contributed by atoms with van der Waals surface area (Å²) in [5, 5.41) is 0. The Bertz CT molecular complexity index is 865. The Kier molecular flexibility index (Phi) is 15.0. The summed E-state index contributed by atoms with van der Waals surface area (Å²) in [4.78, 5) is 12.5. The van der Waals surface area contributed by atoms with Gasteiger partial charge >= 0.3 is 5.97 Å². The van der Waals surface area contributed by atoms with Gasteiger partial charge < -0.3 is 14.0 Å². The first kappa shape index (κ1) is 30.9. The van der Waals surface area contributed by atoms with Gasteiger partial charge in [0.2, 0.25) is 0 Å². The summed E-state index contributed by atoms with van der Waals surface area (Å²) in [6, 6.07) is 18.8. The van der Waals surface area contributed by atoms with E-state index in [1.54, 1.807) is 0 Å². The van der Waals surface area contributed by atoms with Crippen LogP contribution >= 0.6 is 0 Å². The molecule has 0 spiro atoms. The van der Waals surface area contributed by atoms with E-state index in [2.05, 4.69) is 63.5 Å². The molecule has 4 nitrogen and oxygen atoms in total. The lowest BCUT2D eigenvalue weighted by Gasteiger charge is -2.31. The maximum atomic E-state index is 12.5. The predicted molar refractivity (Wildman–Crippen MR) is 155 cm³/mol. The van der Waals surface area contributed by atoms with Crippen LogP contribution in [0, 0.1) is 5.92 Å². The van der Waals surface area contributed by atoms with Crippen LogP contribution in [0.1, 0.15) is 89.2 Å². The maximum absolute atomic E-state index is 12.5. The number of unbranched alkanes of at least 4 members (excludes halogenated alkanes) is 8. The number of para-hydroxylation sites is 1. The largest absolute Gasteiger partial charge is 0.493 e. The van der Waals surface area contributed by atoms with E-state index in [0.29, 0.717) is 19.6 Å². The summed E-state index contributed by atoms with van der Waals surface area (Å²) in [6.45, 7) is 6.84. The molecule has 37 heavy (non-hydrogen) atoms. The van der Waals surface area contributed by atoms with Crippen LogP contribution in [-0.4, -0.2) is 44.3 Å². The average molecular weight is 511 g/mol. The van der Waals surface area contributed by atoms with Gasteiger partial charge in [0.25, 0.3) is 0 Å². The van der Waals surface area contributed by atoms with Crippen LogP contribution in [0.25, 0.3) is 0 Å². The highest BCUT2D eigenvalue weighted by Crippen LogP contribution is 2.21. The molecule has 0 amide bonds. The molecule has 0 radical (unpaired) electrons. The SMILES string of the molecule is CCCCCCCCCCCc1ccccc1OCCCOC(=O)C(C)C[N+](C)(C)Cc1ccccc1. The van der Waals surface area contributed by atoms with Gasteiger partial charge in [0.05, 0.1) is 33.9 Å². The highest BCUT2D eigenvalue weighted by atomic mass is 16.5. The quantitative estimate of drug-likeness (QED) is 0.103. The van der Waals surface area contributed by atoms with E-state index in [-0.39, 0.29) is 11.9 Å². The Labute approximate surface area is 227 Å². The van der Waals surface area contributed by atoms with E-state index >= 15 is 0 Å². The van der Waals surface area contributed by atoms with Gasteiger partial charge in [0.15, 0.2) is 0 Å². The molecule has 0 N–H and O–H groups in total. The van der Waals surface area contributed by atoms with Crippen molar-refractivity contribution in [1.82, 2.24) is 0 Å². The van der Waals surface area contributed by atoms with E-state index in [1.807, 2.05) is 19.1 Å². The number of aryl methyl sites for hydroxylation is 1. The molecule has 0 aliphatic rings. The Morgan fingerprint density at radius 1 is 0.784 bits per heavy atom. The molecule has 0 fully saturated rings. The Hall–Kier alpha value is -2.33. The fraction of sp³-hybridized carbons (Fsp3) is 0.606. The third-order valence-electron chi connectivity index (χ3n) is 6.94. The molecule has 0 bridgehead atoms. The van der Waals surface area contributed by atoms with Gasteiger partial charge in [-0.3, -0.25) is 4.79 Å². The van der Waals surface area contributed by atoms with E-state index in [0.717, 1.165) is 29.7 Å². The van der Waals surface area contributed by atoms with Crippen LogP contribution < -0.4 is 4.74 Å². The normalized spacial score (nSPS) is 12.3. The molecule has 1 atom stereocenters. The summed E-state index contributed by atoms with van der Waals surface area (Å²) in [6.07, 6.45) is 13.8. The highest BCUT2D eigenvalue weighted by molar-refractivity contribution is 5.72. The van der Waals surface area contributed by atoms with Crippen LogP contribution in [-0.2, 0) is 22.5 Å². The first-order valence-electron chi connectivity index (χ1n) is 14.6. The molecule has 1 unspecified atom stereocenters. The molecule has 0 saturated carbocycles. The molecule has 4 heteroatoms. The molecule has 0 aliphatic heterocycles. The zero-order chi connectivity index (χ0) is 26.8. The van der Waals surface area contributed by atoms with Gasteiger partial charge in [0, 0.05) is 12.0 Å². The van der Waals surface area contributed by atoms with Gasteiger partial charge in [-0.25, -0.2) is 0 Å². The second-order valence-corrected chi connectivity index (χ2v) is 11.2. The monoisotopic (exact) mass is 510 g/mol. The van der Waals surface area contributed by atoms with E-state index in [4.69, 9.17) is 9.47 Å². The molecule has 206 valence electrons. The summed E-state index contributed by atoms with van der Waals surface area (Å²) >= 11 is 0. The van der Waals surface area contributed by atoms with Gasteiger partial charge in [-0.05, 0) is 31.4 Å². The molecule has 0 aliphatic carbocycles. The topological polar surface area (TPSA) is 35.5 Å². The molecular formula is C33H52NO3+. The molecule has 2 aromatic rings. The van der Waals surface area contributed by atoms with E-state index in [9.17, 15) is 4.79 Å². The minimum absolute atomic E-state index is 0.120. The van der Waals surface area contributed by atoms with Gasteiger partial charge in [-0.15, -0.1) is 0 Å². The summed E-state index contributed by atoms with van der Waals surface area (Å²) in [7, 11) is 4.33. The van der Waals surface area contributed by atoms with Crippen molar-refractivity contribution in [3.8, 4) is 5.75 Å². The van der Waals surface area contributed by atoms with E-state index in [1.165, 1.54) is 68.9 Å². The minimum Gasteiger partial charge on any atom is -0.493 e. The number of hydrogen-bond donors (Lipinski definition) is 0. The molecule has 0 heterocycles. The fourth-order valence-electron chi connectivity index (χ4n) is 4.99. The van der Waals surface area contributed by atoms with Crippen molar-refractivity contribution in [3.63, 3.8) is 0 Å². The second kappa shape index (κ2) is 18.0. The third-order valence-corrected chi connectivity index (χ3v) is 6.94. The Balaban J connectivity index is 1.60. The number of rotatable bonds is 20. The summed E-state index contributed by atoms with van der Waals surface area (Å²) in [5.74, 6) is 0.712. The zero-order valence-corrected chi connectivity index (χ0v) is 24.1. The molecular weight excluding hydrogens is 458 g/mol. The van der Waals surface area contributed by atoms with Crippen molar-refractivity contribution >= 4 is 5.97 Å². The van der Waals surface area contributed by atoms with Crippen molar-refractivity contribution in [1.29, 1.82) is 0 Å². The lowest BCUT2D eigenvalue weighted by Crippen LogP contribution is -2.44. The minimum atomic E-state index is -0.142. The fourth-order valence-corrected chi connectivity index (χ4v) is 4.99. The van der Waals surface area contributed by atoms with Crippen molar-refractivity contribution in [2.24, 2.45) is 5.92 Å². The van der Waals surface area contributed by atoms with Crippen LogP contribution in [0.2, 0.25) is 0 Å². The van der Waals surface area contributed by atoms with Crippen LogP contribution in [0.5, 0.6) is 5.75 Å². The number of nitrogens with zero attached hydrogens (tertiary/aromatic N) is 1. The molecule has 2 aromatic carbocycles. The van der Waals surface area contributed by atoms with Gasteiger partial charge in [-0.2, -0.15) is 0 Å². The number of esters is 1. The highest BCUT2D eigenvalue weighted by Gasteiger charge is 2.25. The predicted octanol–water partition coefficient (Wildman–Crippen LogP) is 7.98. The standard InChI is InChI=1S/C33H52NO3/c1-5-6-7-8-9-10-11-12-16-22-31-23-17-18-24-32(31)36-25-19-26-37-33(35)29(2)27-34(3,4)28-30-20-14-13-15-21-30/h13-15,17-18,20-21,23-24,29H,5-12,16,19,22,25-28H2,1-4H3/q+1. The maximum Gasteiger partial charge on any atom is 0.314 e. The third kappa shape index (κ3) is 13.7. The van der Waals surface area contributed by atoms with Crippen molar-refractivity contribution < 1.29 is 18.8 Å². The van der Waals surface area contributed by atoms with E-state index < -0.39 is 0 Å². The Morgan fingerprint density at radius 2 is 1.41 bits per heavy atom. The van der Waals surface area contributed by atoms with Crippen LogP contribution in [0.3, 0.4) is 0 Å². The summed E-state index contributed by atoms with van der Waals surface area (Å²) < 4.78 is 12.4. The van der Waals surface area contributed by atoms with Crippen molar-refractivity contribution in [3.05, 3.63) is 65.7 Å².